The molecule has 0 aromatic rings. The van der Waals surface area contributed by atoms with Gasteiger partial charge in [-0.15, -0.1) is 0 Å². The van der Waals surface area contributed by atoms with Crippen molar-refractivity contribution in [1.82, 2.24) is 5.32 Å². The molecule has 0 unspecified atom stereocenters. The Labute approximate surface area is 111 Å². The predicted molar refractivity (Wildman–Crippen MR) is 66.0 cm³/mol. The minimum Gasteiger partial charge on any atom is -0.461 e. The van der Waals surface area contributed by atoms with Crippen molar-refractivity contribution in [2.75, 3.05) is 13.2 Å². The third-order valence-electron chi connectivity index (χ3n) is 1.99. The molecule has 0 heterocycles. The first-order chi connectivity index (χ1) is 8.75. The number of rotatable bonds is 7. The SMILES string of the molecule is C=C(C)C(=O)NCCOC(=O)[C@H](C)OC(=O)[C@H](C)O. The number of hydrogen-bond acceptors (Lipinski definition) is 6. The molecule has 0 aromatic heterocycles. The third-order valence-corrected chi connectivity index (χ3v) is 1.99. The first-order valence-corrected chi connectivity index (χ1v) is 5.74. The van der Waals surface area contributed by atoms with E-state index < -0.39 is 24.1 Å². The van der Waals surface area contributed by atoms with Crippen LogP contribution in [0.4, 0.5) is 0 Å². The topological polar surface area (TPSA) is 102 Å². The molecule has 0 aromatic carbocycles. The van der Waals surface area contributed by atoms with Gasteiger partial charge in [-0.05, 0) is 20.8 Å². The molecule has 0 aliphatic heterocycles. The predicted octanol–water partition coefficient (Wildman–Crippen LogP) is -0.466. The molecule has 108 valence electrons. The number of carbonyl (C=O) groups excluding carboxylic acids is 3. The van der Waals surface area contributed by atoms with E-state index in [-0.39, 0.29) is 19.1 Å². The molecule has 0 saturated heterocycles. The smallest absolute Gasteiger partial charge is 0.347 e. The second kappa shape index (κ2) is 8.25. The van der Waals surface area contributed by atoms with Crippen LogP contribution in [0.3, 0.4) is 0 Å². The van der Waals surface area contributed by atoms with Gasteiger partial charge in [0.1, 0.15) is 12.7 Å². The summed E-state index contributed by atoms with van der Waals surface area (Å²) in [5.41, 5.74) is 0.352. The number of amides is 1. The monoisotopic (exact) mass is 273 g/mol. The Bertz CT molecular complexity index is 363. The first-order valence-electron chi connectivity index (χ1n) is 5.74. The van der Waals surface area contributed by atoms with Gasteiger partial charge in [0.05, 0.1) is 6.54 Å². The standard InChI is InChI=1S/C12H19NO6/c1-7(2)10(15)13-5-6-18-12(17)9(4)19-11(16)8(3)14/h8-9,14H,1,5-6H2,2-4H3,(H,13,15)/t8-,9-/m0/s1. The number of aliphatic hydroxyl groups excluding tert-OH is 1. The number of ether oxygens (including phenoxy) is 2. The Kier molecular flexibility index (Phi) is 7.43. The van der Waals surface area contributed by atoms with Gasteiger partial charge in [0, 0.05) is 5.57 Å². The lowest BCUT2D eigenvalue weighted by Crippen LogP contribution is -2.33. The van der Waals surface area contributed by atoms with E-state index in [1.54, 1.807) is 6.92 Å². The Balaban J connectivity index is 3.89. The molecule has 0 bridgehead atoms. The van der Waals surface area contributed by atoms with Crippen molar-refractivity contribution in [2.45, 2.75) is 33.0 Å². The van der Waals surface area contributed by atoms with Crippen molar-refractivity contribution in [1.29, 1.82) is 0 Å². The zero-order chi connectivity index (χ0) is 15.0. The molecule has 0 spiro atoms. The highest BCUT2D eigenvalue weighted by atomic mass is 16.6. The summed E-state index contributed by atoms with van der Waals surface area (Å²) in [6.07, 6.45) is -2.41. The molecule has 0 aliphatic rings. The lowest BCUT2D eigenvalue weighted by Gasteiger charge is -2.13. The van der Waals surface area contributed by atoms with Crippen molar-refractivity contribution in [3.8, 4) is 0 Å². The van der Waals surface area contributed by atoms with E-state index in [1.165, 1.54) is 13.8 Å². The van der Waals surface area contributed by atoms with Gasteiger partial charge in [-0.25, -0.2) is 9.59 Å². The normalized spacial score (nSPS) is 13.1. The molecule has 19 heavy (non-hydrogen) atoms. The number of aliphatic hydroxyl groups is 1. The van der Waals surface area contributed by atoms with Crippen LogP contribution in [0.5, 0.6) is 0 Å². The van der Waals surface area contributed by atoms with Crippen LogP contribution in [0.1, 0.15) is 20.8 Å². The van der Waals surface area contributed by atoms with Gasteiger partial charge in [0.15, 0.2) is 6.10 Å². The van der Waals surface area contributed by atoms with E-state index in [4.69, 9.17) is 9.84 Å². The third kappa shape index (κ3) is 7.20. The summed E-state index contributed by atoms with van der Waals surface area (Å²) in [6.45, 7) is 7.64. The van der Waals surface area contributed by atoms with Gasteiger partial charge < -0.3 is 19.9 Å². The summed E-state index contributed by atoms with van der Waals surface area (Å²) in [6, 6.07) is 0. The van der Waals surface area contributed by atoms with Gasteiger partial charge in [0.25, 0.3) is 0 Å². The molecule has 1 amide bonds. The average molecular weight is 273 g/mol. The lowest BCUT2D eigenvalue weighted by molar-refractivity contribution is -0.171. The Morgan fingerprint density at radius 1 is 1.26 bits per heavy atom. The highest BCUT2D eigenvalue weighted by Gasteiger charge is 2.21. The summed E-state index contributed by atoms with van der Waals surface area (Å²) in [5, 5.41) is 11.4. The van der Waals surface area contributed by atoms with Gasteiger partial charge >= 0.3 is 11.9 Å². The Morgan fingerprint density at radius 2 is 1.84 bits per heavy atom. The summed E-state index contributed by atoms with van der Waals surface area (Å²) >= 11 is 0. The Hall–Kier alpha value is -1.89. The minimum absolute atomic E-state index is 0.0472. The van der Waals surface area contributed by atoms with Crippen LogP contribution in [0, 0.1) is 0 Å². The fourth-order valence-corrected chi connectivity index (χ4v) is 0.905. The van der Waals surface area contributed by atoms with Crippen molar-refractivity contribution >= 4 is 17.8 Å². The lowest BCUT2D eigenvalue weighted by atomic mass is 10.3. The zero-order valence-corrected chi connectivity index (χ0v) is 11.3. The van der Waals surface area contributed by atoms with Crippen molar-refractivity contribution in [3.63, 3.8) is 0 Å². The summed E-state index contributed by atoms with van der Waals surface area (Å²) < 4.78 is 9.40. The van der Waals surface area contributed by atoms with Crippen LogP contribution < -0.4 is 5.32 Å². The maximum absolute atomic E-state index is 11.4. The van der Waals surface area contributed by atoms with Crippen LogP contribution in [-0.4, -0.2) is 48.3 Å². The number of hydrogen-bond donors (Lipinski definition) is 2. The minimum atomic E-state index is -1.30. The molecule has 2 atom stereocenters. The molecule has 0 aliphatic carbocycles. The van der Waals surface area contributed by atoms with Crippen molar-refractivity contribution < 1.29 is 29.0 Å². The zero-order valence-electron chi connectivity index (χ0n) is 11.3. The molecular weight excluding hydrogens is 254 g/mol. The second-order valence-corrected chi connectivity index (χ2v) is 3.96. The highest BCUT2D eigenvalue weighted by molar-refractivity contribution is 5.92. The van der Waals surface area contributed by atoms with E-state index in [0.29, 0.717) is 5.57 Å². The fourth-order valence-electron chi connectivity index (χ4n) is 0.905. The van der Waals surface area contributed by atoms with Gasteiger partial charge in [0.2, 0.25) is 5.91 Å². The van der Waals surface area contributed by atoms with Crippen LogP contribution in [0.25, 0.3) is 0 Å². The highest BCUT2D eigenvalue weighted by Crippen LogP contribution is 1.98. The second-order valence-electron chi connectivity index (χ2n) is 3.96. The number of nitrogens with one attached hydrogen (secondary N) is 1. The number of carbonyl (C=O) groups is 3. The fraction of sp³-hybridized carbons (Fsp3) is 0.583. The van der Waals surface area contributed by atoms with Crippen LogP contribution in [-0.2, 0) is 23.9 Å². The van der Waals surface area contributed by atoms with Crippen molar-refractivity contribution in [2.24, 2.45) is 0 Å². The van der Waals surface area contributed by atoms with E-state index in [2.05, 4.69) is 16.6 Å². The van der Waals surface area contributed by atoms with E-state index in [0.717, 1.165) is 0 Å². The van der Waals surface area contributed by atoms with Gasteiger partial charge in [-0.1, -0.05) is 6.58 Å². The van der Waals surface area contributed by atoms with Gasteiger partial charge in [-0.3, -0.25) is 4.79 Å². The first kappa shape index (κ1) is 17.1. The molecule has 2 N–H and O–H groups in total. The molecule has 7 heteroatoms. The van der Waals surface area contributed by atoms with E-state index >= 15 is 0 Å². The maximum Gasteiger partial charge on any atom is 0.347 e. The average Bonchev–Trinajstić information content (AvgIpc) is 2.33. The molecule has 0 radical (unpaired) electrons. The van der Waals surface area contributed by atoms with Crippen LogP contribution >= 0.6 is 0 Å². The molecular formula is C12H19NO6. The molecule has 0 saturated carbocycles. The Morgan fingerprint density at radius 3 is 2.32 bits per heavy atom. The molecule has 7 nitrogen and oxygen atoms in total. The summed E-state index contributed by atoms with van der Waals surface area (Å²) in [7, 11) is 0. The maximum atomic E-state index is 11.4. The number of esters is 2. The molecule has 0 fully saturated rings. The van der Waals surface area contributed by atoms with Crippen molar-refractivity contribution in [3.05, 3.63) is 12.2 Å². The summed E-state index contributed by atoms with van der Waals surface area (Å²) in [4.78, 5) is 33.5. The van der Waals surface area contributed by atoms with Gasteiger partial charge in [-0.2, -0.15) is 0 Å². The summed E-state index contributed by atoms with van der Waals surface area (Å²) in [5.74, 6) is -1.98. The quantitative estimate of drug-likeness (QED) is 0.369. The van der Waals surface area contributed by atoms with Crippen LogP contribution in [0.15, 0.2) is 12.2 Å². The largest absolute Gasteiger partial charge is 0.461 e. The van der Waals surface area contributed by atoms with Crippen LogP contribution in [0.2, 0.25) is 0 Å². The van der Waals surface area contributed by atoms with E-state index in [9.17, 15) is 14.4 Å². The molecule has 0 rings (SSSR count). The van der Waals surface area contributed by atoms with E-state index in [1.807, 2.05) is 0 Å².